The van der Waals surface area contributed by atoms with E-state index >= 15 is 0 Å². The number of thiophene rings is 1. The Morgan fingerprint density at radius 3 is 2.67 bits per heavy atom. The van der Waals surface area contributed by atoms with Gasteiger partial charge in [-0.1, -0.05) is 18.2 Å². The smallest absolute Gasteiger partial charge is 0.270 e. The molecule has 1 unspecified atom stereocenters. The molecule has 0 saturated carbocycles. The van der Waals surface area contributed by atoms with Crippen LogP contribution in [0.2, 0.25) is 0 Å². The molecule has 0 saturated heterocycles. The van der Waals surface area contributed by atoms with Crippen molar-refractivity contribution >= 4 is 29.0 Å². The average molecular weight is 431 g/mol. The Hall–Kier alpha value is -2.82. The lowest BCUT2D eigenvalue weighted by Gasteiger charge is -2.22. The molecule has 2 aliphatic rings. The van der Waals surface area contributed by atoms with E-state index in [0.29, 0.717) is 21.7 Å². The molecule has 1 aromatic carbocycles. The van der Waals surface area contributed by atoms with Crippen LogP contribution < -0.4 is 10.7 Å². The summed E-state index contributed by atoms with van der Waals surface area (Å²) in [5.74, 6) is 0.178. The normalized spacial score (nSPS) is 17.3. The van der Waals surface area contributed by atoms with Gasteiger partial charge >= 0.3 is 0 Å². The highest BCUT2D eigenvalue weighted by Crippen LogP contribution is 2.38. The second-order valence-electron chi connectivity index (χ2n) is 7.29. The van der Waals surface area contributed by atoms with Gasteiger partial charge in [0.05, 0.1) is 26.8 Å². The van der Waals surface area contributed by atoms with Crippen LogP contribution in [-0.2, 0) is 17.6 Å². The number of thioether (sulfide) groups is 1. The number of aromatic nitrogens is 1. The minimum atomic E-state index is -0.556. The number of carbonyl (C=O) groups excluding carboxylic acids is 1. The van der Waals surface area contributed by atoms with Crippen LogP contribution in [0, 0.1) is 11.3 Å². The molecule has 148 valence electrons. The van der Waals surface area contributed by atoms with E-state index in [1.165, 1.54) is 17.3 Å². The Balaban J connectivity index is 1.52. The van der Waals surface area contributed by atoms with Gasteiger partial charge in [0.25, 0.3) is 5.91 Å². The van der Waals surface area contributed by atoms with Gasteiger partial charge in [0.2, 0.25) is 0 Å². The second-order valence-corrected chi connectivity index (χ2v) is 9.24. The number of rotatable bonds is 4. The first-order valence-electron chi connectivity index (χ1n) is 9.92. The third-order valence-electron chi connectivity index (χ3n) is 5.42. The van der Waals surface area contributed by atoms with Crippen LogP contribution in [0.15, 0.2) is 56.8 Å². The van der Waals surface area contributed by atoms with Gasteiger partial charge in [0.15, 0.2) is 0 Å². The summed E-state index contributed by atoms with van der Waals surface area (Å²) in [5.41, 5.74) is 4.00. The quantitative estimate of drug-likeness (QED) is 0.594. The van der Waals surface area contributed by atoms with Gasteiger partial charge in [-0.3, -0.25) is 9.79 Å². The number of nitriles is 1. The third-order valence-corrected chi connectivity index (χ3v) is 7.35. The van der Waals surface area contributed by atoms with Gasteiger partial charge in [0.1, 0.15) is 17.1 Å². The maximum atomic E-state index is 12.5. The van der Waals surface area contributed by atoms with Crippen LogP contribution in [0.25, 0.3) is 10.6 Å². The fraction of sp³-hybridized carbons (Fsp3) is 0.261. The number of amides is 1. The first kappa shape index (κ1) is 19.2. The zero-order valence-electron chi connectivity index (χ0n) is 16.2. The van der Waals surface area contributed by atoms with Crippen molar-refractivity contribution in [1.29, 1.82) is 5.26 Å². The Bertz CT molecular complexity index is 1290. The molecule has 0 fully saturated rings. The third kappa shape index (κ3) is 3.47. The van der Waals surface area contributed by atoms with Gasteiger partial charge in [-0.15, -0.1) is 23.1 Å². The van der Waals surface area contributed by atoms with Crippen molar-refractivity contribution in [3.63, 3.8) is 0 Å². The highest BCUT2D eigenvalue weighted by atomic mass is 32.2. The summed E-state index contributed by atoms with van der Waals surface area (Å²) in [6.07, 6.45) is 4.08. The lowest BCUT2D eigenvalue weighted by Crippen LogP contribution is -2.37. The molecule has 2 aromatic heterocycles. The van der Waals surface area contributed by atoms with Crippen molar-refractivity contribution in [3.05, 3.63) is 69.2 Å². The number of benzene rings is 1. The van der Waals surface area contributed by atoms with E-state index in [9.17, 15) is 10.1 Å². The van der Waals surface area contributed by atoms with Gasteiger partial charge in [-0.25, -0.2) is 9.98 Å². The molecule has 1 amide bonds. The molecular formula is C23H18N4OS2. The summed E-state index contributed by atoms with van der Waals surface area (Å²) in [4.78, 5) is 27.3. The van der Waals surface area contributed by atoms with Crippen LogP contribution in [0.3, 0.4) is 0 Å². The zero-order chi connectivity index (χ0) is 20.5. The zero-order valence-corrected chi connectivity index (χ0v) is 17.8. The summed E-state index contributed by atoms with van der Waals surface area (Å²) in [6, 6.07) is 13.4. The summed E-state index contributed by atoms with van der Waals surface area (Å²) in [5, 5.41) is 14.0. The van der Waals surface area contributed by atoms with Gasteiger partial charge in [0, 0.05) is 5.75 Å². The molecule has 1 aliphatic heterocycles. The molecule has 7 heteroatoms. The molecule has 1 atom stereocenters. The van der Waals surface area contributed by atoms with Crippen LogP contribution in [0.1, 0.15) is 29.5 Å². The molecule has 5 rings (SSSR count). The van der Waals surface area contributed by atoms with Crippen LogP contribution in [-0.4, -0.2) is 22.7 Å². The summed E-state index contributed by atoms with van der Waals surface area (Å²) >= 11 is 3.10. The highest BCUT2D eigenvalue weighted by Gasteiger charge is 2.26. The maximum Gasteiger partial charge on any atom is 0.271 e. The van der Waals surface area contributed by atoms with E-state index in [2.05, 4.69) is 27.5 Å². The highest BCUT2D eigenvalue weighted by molar-refractivity contribution is 7.99. The Morgan fingerprint density at radius 1 is 1.10 bits per heavy atom. The molecule has 0 radical (unpaired) electrons. The molecule has 0 N–H and O–H groups in total. The van der Waals surface area contributed by atoms with E-state index in [0.717, 1.165) is 47.2 Å². The van der Waals surface area contributed by atoms with Crippen LogP contribution in [0.5, 0.6) is 0 Å². The van der Waals surface area contributed by atoms with Crippen molar-refractivity contribution in [2.45, 2.75) is 36.8 Å². The fourth-order valence-corrected chi connectivity index (χ4v) is 5.73. The first-order valence-corrected chi connectivity index (χ1v) is 11.8. The monoisotopic (exact) mass is 430 g/mol. The van der Waals surface area contributed by atoms with E-state index in [1.54, 1.807) is 17.4 Å². The molecular weight excluding hydrogens is 412 g/mol. The largest absolute Gasteiger partial charge is 0.271 e. The summed E-state index contributed by atoms with van der Waals surface area (Å²) < 4.78 is 0. The molecule has 0 spiro atoms. The van der Waals surface area contributed by atoms with E-state index in [4.69, 9.17) is 4.98 Å². The Morgan fingerprint density at radius 2 is 1.90 bits per heavy atom. The van der Waals surface area contributed by atoms with Gasteiger partial charge in [-0.05, 0) is 60.4 Å². The van der Waals surface area contributed by atoms with Gasteiger partial charge in [-0.2, -0.15) is 5.26 Å². The Kier molecular flexibility index (Phi) is 5.19. The van der Waals surface area contributed by atoms with Crippen molar-refractivity contribution in [2.75, 3.05) is 5.75 Å². The second kappa shape index (κ2) is 8.13. The van der Waals surface area contributed by atoms with Crippen LogP contribution in [0.4, 0.5) is 0 Å². The predicted molar refractivity (Wildman–Crippen MR) is 117 cm³/mol. The number of hydrogen-bond donors (Lipinski definition) is 0. The molecule has 5 nitrogen and oxygen atoms in total. The summed E-state index contributed by atoms with van der Waals surface area (Å²) in [6.45, 7) is 0. The number of para-hydroxylation sites is 2. The lowest BCUT2D eigenvalue weighted by molar-refractivity contribution is -0.119. The lowest BCUT2D eigenvalue weighted by atomic mass is 9.88. The first-order chi connectivity index (χ1) is 14.7. The number of carbonyl (C=O) groups is 1. The minimum absolute atomic E-state index is 0.240. The average Bonchev–Trinajstić information content (AvgIpc) is 3.31. The predicted octanol–water partition coefficient (Wildman–Crippen LogP) is 3.50. The van der Waals surface area contributed by atoms with Crippen molar-refractivity contribution in [2.24, 2.45) is 9.98 Å². The van der Waals surface area contributed by atoms with Crippen molar-refractivity contribution < 1.29 is 4.79 Å². The molecule has 3 heterocycles. The molecule has 30 heavy (non-hydrogen) atoms. The maximum absolute atomic E-state index is 12.5. The van der Waals surface area contributed by atoms with E-state index in [1.807, 2.05) is 24.3 Å². The minimum Gasteiger partial charge on any atom is -0.270 e. The number of nitrogens with zero attached hydrogens (tertiary/aromatic N) is 4. The number of hydrogen-bond acceptors (Lipinski definition) is 6. The SMILES string of the molecule is N#Cc1c(SCC2N=c3ccccc3=NC2=O)nc(-c2cccs2)c2c1CCCC2. The number of fused-ring (bicyclic) bond motifs is 2. The topological polar surface area (TPSA) is 78.5 Å². The molecule has 1 aliphatic carbocycles. The van der Waals surface area contributed by atoms with Gasteiger partial charge < -0.3 is 0 Å². The Labute approximate surface area is 182 Å². The van der Waals surface area contributed by atoms with E-state index in [-0.39, 0.29) is 5.91 Å². The van der Waals surface area contributed by atoms with E-state index < -0.39 is 6.04 Å². The van der Waals surface area contributed by atoms with Crippen molar-refractivity contribution in [3.8, 4) is 16.6 Å². The van der Waals surface area contributed by atoms with Crippen LogP contribution >= 0.6 is 23.1 Å². The summed E-state index contributed by atoms with van der Waals surface area (Å²) in [7, 11) is 0. The standard InChI is InChI=1S/C23H18N4OS2/c24-12-16-14-6-1-2-7-15(14)21(20-10-5-11-29-20)27-23(16)30-13-19-22(28)26-18-9-4-3-8-17(18)25-19/h3-5,8-11,19H,1-2,6-7,13H2. The van der Waals surface area contributed by atoms with Crippen molar-refractivity contribution in [1.82, 2.24) is 4.98 Å². The molecule has 3 aromatic rings. The number of pyridine rings is 1. The molecule has 0 bridgehead atoms. The fourth-order valence-electron chi connectivity index (χ4n) is 3.98.